The van der Waals surface area contributed by atoms with Gasteiger partial charge in [0, 0.05) is 28.1 Å². The molecule has 0 aliphatic heterocycles. The van der Waals surface area contributed by atoms with E-state index in [-0.39, 0.29) is 33.6 Å². The second-order valence-corrected chi connectivity index (χ2v) is 3.91. The van der Waals surface area contributed by atoms with Gasteiger partial charge in [0.05, 0.1) is 29.6 Å². The van der Waals surface area contributed by atoms with Crippen LogP contribution < -0.4 is 0 Å². The Morgan fingerprint density at radius 1 is 1.55 bits per heavy atom. The first-order chi connectivity index (χ1) is 9.08. The number of carbonyl (C=O) groups is 1. The van der Waals surface area contributed by atoms with E-state index >= 15 is 0 Å². The molecule has 0 bridgehead atoms. The third-order valence-corrected chi connectivity index (χ3v) is 2.75. The van der Waals surface area contributed by atoms with Crippen molar-refractivity contribution >= 4 is 28.6 Å². The molecule has 2 rings (SSSR count). The smallest absolute Gasteiger partial charge is 0.337 e. The molecule has 0 radical (unpaired) electrons. The first-order valence-corrected chi connectivity index (χ1v) is 6.12. The largest absolute Gasteiger partial charge is 0.465 e. The molecule has 20 heavy (non-hydrogen) atoms. The van der Waals surface area contributed by atoms with Crippen LogP contribution in [0, 0.1) is 6.92 Å². The summed E-state index contributed by atoms with van der Waals surface area (Å²) in [6, 6.07) is 5.24. The molecule has 0 spiro atoms. The van der Waals surface area contributed by atoms with Gasteiger partial charge in [0.15, 0.2) is 0 Å². The van der Waals surface area contributed by atoms with Gasteiger partial charge in [-0.1, -0.05) is 6.61 Å². The van der Waals surface area contributed by atoms with Gasteiger partial charge < -0.3 is 21.3 Å². The SMILES string of the molecule is COC(=O)c1ccc2nc(CCl)n(C)c2c1.[CH2-]CO.[W]. The van der Waals surface area contributed by atoms with Gasteiger partial charge in [-0.3, -0.25) is 0 Å². The van der Waals surface area contributed by atoms with E-state index in [9.17, 15) is 4.79 Å². The second-order valence-electron chi connectivity index (χ2n) is 3.64. The first-order valence-electron chi connectivity index (χ1n) is 5.58. The van der Waals surface area contributed by atoms with Crippen molar-refractivity contribution in [2.45, 2.75) is 5.88 Å². The van der Waals surface area contributed by atoms with Gasteiger partial charge in [0.2, 0.25) is 0 Å². The van der Waals surface area contributed by atoms with Gasteiger partial charge >= 0.3 is 5.97 Å². The molecule has 0 aliphatic rings. The van der Waals surface area contributed by atoms with Crippen LogP contribution >= 0.6 is 11.6 Å². The molecule has 7 heteroatoms. The number of alkyl halides is 1. The van der Waals surface area contributed by atoms with Gasteiger partial charge in [-0.25, -0.2) is 9.78 Å². The number of aromatic nitrogens is 2. The summed E-state index contributed by atoms with van der Waals surface area (Å²) in [5.74, 6) is 0.771. The number of benzene rings is 1. The maximum Gasteiger partial charge on any atom is 0.337 e. The van der Waals surface area contributed by atoms with Crippen LogP contribution in [-0.4, -0.2) is 34.3 Å². The predicted octanol–water partition coefficient (Wildman–Crippen LogP) is 1.91. The standard InChI is InChI=1S/C11H11ClN2O2.C2H5O.W/c1-14-9-5-7(11(15)16-2)3-4-8(9)13-10(14)6-12;1-2-3;/h3-5H,6H2,1-2H3;3H,1-2H2;/q;-1;. The van der Waals surface area contributed by atoms with Gasteiger partial charge in [-0.15, -0.1) is 11.6 Å². The Morgan fingerprint density at radius 3 is 2.65 bits per heavy atom. The third kappa shape index (κ3) is 4.30. The number of methoxy groups -OCH3 is 1. The zero-order valence-electron chi connectivity index (χ0n) is 11.3. The van der Waals surface area contributed by atoms with Crippen molar-refractivity contribution in [3.05, 3.63) is 36.5 Å². The van der Waals surface area contributed by atoms with Crippen LogP contribution in [0.4, 0.5) is 0 Å². The van der Waals surface area contributed by atoms with Crippen LogP contribution in [0.5, 0.6) is 0 Å². The molecular weight excluding hydrogens is 451 g/mol. The van der Waals surface area contributed by atoms with Crippen LogP contribution in [-0.2, 0) is 38.7 Å². The van der Waals surface area contributed by atoms with Crippen molar-refractivity contribution in [2.24, 2.45) is 7.05 Å². The summed E-state index contributed by atoms with van der Waals surface area (Å²) in [6.45, 7) is 3.04. The Morgan fingerprint density at radius 2 is 2.15 bits per heavy atom. The van der Waals surface area contributed by atoms with Crippen LogP contribution in [0.3, 0.4) is 0 Å². The van der Waals surface area contributed by atoms with Crippen LogP contribution in [0.15, 0.2) is 18.2 Å². The summed E-state index contributed by atoms with van der Waals surface area (Å²) in [7, 11) is 3.23. The van der Waals surface area contributed by atoms with Crippen molar-refractivity contribution < 1.29 is 35.7 Å². The Labute approximate surface area is 137 Å². The Bertz CT molecular complexity index is 572. The van der Waals surface area contributed by atoms with Gasteiger partial charge in [0.1, 0.15) is 5.82 Å². The monoisotopic (exact) mass is 467 g/mol. The molecule has 2 aromatic rings. The summed E-state index contributed by atoms with van der Waals surface area (Å²) in [4.78, 5) is 15.7. The molecule has 0 saturated heterocycles. The van der Waals surface area contributed by atoms with E-state index in [4.69, 9.17) is 16.7 Å². The summed E-state index contributed by atoms with van der Waals surface area (Å²) in [6.07, 6.45) is 0. The number of aryl methyl sites for hydroxylation is 1. The van der Waals surface area contributed by atoms with Crippen molar-refractivity contribution in [3.8, 4) is 0 Å². The number of halogens is 1. The molecule has 0 unspecified atom stereocenters. The third-order valence-electron chi connectivity index (χ3n) is 2.51. The number of imidazole rings is 1. The predicted molar refractivity (Wildman–Crippen MR) is 74.1 cm³/mol. The van der Waals surface area contributed by atoms with Crippen LogP contribution in [0.2, 0.25) is 0 Å². The van der Waals surface area contributed by atoms with Crippen LogP contribution in [0.1, 0.15) is 16.2 Å². The average molecular weight is 468 g/mol. The minimum atomic E-state index is -0.351. The number of fused-ring (bicyclic) bond motifs is 1. The maximum absolute atomic E-state index is 11.4. The van der Waals surface area contributed by atoms with E-state index in [1.807, 2.05) is 11.6 Å². The summed E-state index contributed by atoms with van der Waals surface area (Å²) in [5, 5.41) is 7.46. The molecular formula is C13H16ClN2O3W-. The Hall–Kier alpha value is -0.902. The van der Waals surface area contributed by atoms with E-state index in [1.54, 1.807) is 18.2 Å². The zero-order valence-corrected chi connectivity index (χ0v) is 15.0. The Balaban J connectivity index is 0.000000830. The van der Waals surface area contributed by atoms with Crippen molar-refractivity contribution in [1.29, 1.82) is 0 Å². The zero-order chi connectivity index (χ0) is 14.4. The molecule has 1 heterocycles. The summed E-state index contributed by atoms with van der Waals surface area (Å²) < 4.78 is 6.53. The van der Waals surface area contributed by atoms with Crippen molar-refractivity contribution in [2.75, 3.05) is 13.7 Å². The molecule has 0 amide bonds. The number of ether oxygens (including phenoxy) is 1. The number of aliphatic hydroxyl groups is 1. The van der Waals surface area contributed by atoms with Gasteiger partial charge in [-0.2, -0.15) is 0 Å². The average Bonchev–Trinajstić information content (AvgIpc) is 2.75. The van der Waals surface area contributed by atoms with Gasteiger partial charge in [-0.05, 0) is 18.2 Å². The van der Waals surface area contributed by atoms with Gasteiger partial charge in [0.25, 0.3) is 0 Å². The fourth-order valence-corrected chi connectivity index (χ4v) is 1.84. The topological polar surface area (TPSA) is 64.3 Å². The van der Waals surface area contributed by atoms with E-state index in [0.717, 1.165) is 16.9 Å². The van der Waals surface area contributed by atoms with E-state index in [1.165, 1.54) is 7.11 Å². The quantitative estimate of drug-likeness (QED) is 0.416. The second kappa shape index (κ2) is 9.11. The number of nitrogens with zero attached hydrogens (tertiary/aromatic N) is 2. The maximum atomic E-state index is 11.4. The number of hydrogen-bond donors (Lipinski definition) is 1. The molecule has 5 nitrogen and oxygen atoms in total. The number of rotatable bonds is 2. The summed E-state index contributed by atoms with van der Waals surface area (Å²) in [5.41, 5.74) is 2.21. The number of hydrogen-bond acceptors (Lipinski definition) is 4. The molecule has 110 valence electrons. The Kier molecular flexibility index (Phi) is 8.70. The number of esters is 1. The molecule has 0 fully saturated rings. The molecule has 0 atom stereocenters. The van der Waals surface area contributed by atoms with Crippen molar-refractivity contribution in [1.82, 2.24) is 9.55 Å². The minimum absolute atomic E-state index is 0. The number of carbonyl (C=O) groups excluding carboxylic acids is 1. The molecule has 0 aliphatic carbocycles. The fourth-order valence-electron chi connectivity index (χ4n) is 1.60. The van der Waals surface area contributed by atoms with Crippen molar-refractivity contribution in [3.63, 3.8) is 0 Å². The minimum Gasteiger partial charge on any atom is -0.465 e. The van der Waals surface area contributed by atoms with E-state index in [2.05, 4.69) is 16.6 Å². The van der Waals surface area contributed by atoms with E-state index in [0.29, 0.717) is 11.4 Å². The molecule has 0 saturated carbocycles. The fraction of sp³-hybridized carbons (Fsp3) is 0.308. The first kappa shape index (κ1) is 19.1. The molecule has 1 aromatic carbocycles. The normalized spacial score (nSPS) is 9.45. The molecule has 1 N–H and O–H groups in total. The summed E-state index contributed by atoms with van der Waals surface area (Å²) >= 11 is 5.76. The number of aliphatic hydroxyl groups excluding tert-OH is 1. The molecule has 1 aromatic heterocycles. The van der Waals surface area contributed by atoms with Crippen LogP contribution in [0.25, 0.3) is 11.0 Å². The van der Waals surface area contributed by atoms with E-state index < -0.39 is 0 Å².